The molecule has 0 saturated heterocycles. The molecule has 0 saturated carbocycles. The van der Waals surface area contributed by atoms with E-state index in [1.54, 1.807) is 25.1 Å². The molecule has 0 aliphatic rings. The molecule has 2 aromatic rings. The number of rotatable bonds is 5. The Kier molecular flexibility index (Phi) is 5.90. The summed E-state index contributed by atoms with van der Waals surface area (Å²) in [4.78, 5) is 15.9. The highest BCUT2D eigenvalue weighted by Crippen LogP contribution is 2.22. The minimum atomic E-state index is -1.16. The number of aliphatic hydroxyl groups excluding tert-OH is 1. The van der Waals surface area contributed by atoms with Gasteiger partial charge in [0.15, 0.2) is 5.15 Å². The van der Waals surface area contributed by atoms with Crippen molar-refractivity contribution in [3.63, 3.8) is 0 Å². The zero-order valence-electron chi connectivity index (χ0n) is 12.5. The number of urea groups is 1. The van der Waals surface area contributed by atoms with Crippen LogP contribution in [0, 0.1) is 5.82 Å². The van der Waals surface area contributed by atoms with Crippen molar-refractivity contribution in [2.24, 2.45) is 0 Å². The minimum absolute atomic E-state index is 0.138. The number of benzene rings is 1. The zero-order chi connectivity index (χ0) is 16.8. The number of hydrogen-bond acceptors (Lipinski definition) is 3. The van der Waals surface area contributed by atoms with Gasteiger partial charge in [-0.05, 0) is 24.6 Å². The van der Waals surface area contributed by atoms with Crippen LogP contribution in [0.5, 0.6) is 0 Å². The first kappa shape index (κ1) is 17.2. The van der Waals surface area contributed by atoms with Crippen molar-refractivity contribution in [3.05, 3.63) is 59.1 Å². The van der Waals surface area contributed by atoms with Crippen molar-refractivity contribution < 1.29 is 14.3 Å². The van der Waals surface area contributed by atoms with Gasteiger partial charge in [0.2, 0.25) is 0 Å². The number of anilines is 1. The predicted octanol–water partition coefficient (Wildman–Crippen LogP) is 3.51. The lowest BCUT2D eigenvalue weighted by Crippen LogP contribution is -2.41. The van der Waals surface area contributed by atoms with Crippen LogP contribution in [0.2, 0.25) is 5.15 Å². The third-order valence-electron chi connectivity index (χ3n) is 3.37. The highest BCUT2D eigenvalue weighted by molar-refractivity contribution is 6.32. The predicted molar refractivity (Wildman–Crippen MR) is 86.8 cm³/mol. The van der Waals surface area contributed by atoms with E-state index < -0.39 is 24.0 Å². The molecule has 0 aliphatic heterocycles. The first-order valence-corrected chi connectivity index (χ1v) is 7.51. The van der Waals surface area contributed by atoms with Crippen molar-refractivity contribution >= 4 is 23.3 Å². The third-order valence-corrected chi connectivity index (χ3v) is 3.67. The summed E-state index contributed by atoms with van der Waals surface area (Å²) < 4.78 is 13.8. The van der Waals surface area contributed by atoms with Crippen molar-refractivity contribution in [1.82, 2.24) is 10.3 Å². The van der Waals surface area contributed by atoms with Gasteiger partial charge in [-0.1, -0.05) is 36.7 Å². The fraction of sp³-hybridized carbons (Fsp3) is 0.250. The Labute approximate surface area is 138 Å². The lowest BCUT2D eigenvalue weighted by Gasteiger charge is -2.23. The Balaban J connectivity index is 2.06. The van der Waals surface area contributed by atoms with E-state index in [1.165, 1.54) is 24.4 Å². The van der Waals surface area contributed by atoms with Crippen LogP contribution in [0.3, 0.4) is 0 Å². The Morgan fingerprint density at radius 2 is 2.09 bits per heavy atom. The number of pyridine rings is 1. The summed E-state index contributed by atoms with van der Waals surface area (Å²) in [6.07, 6.45) is 0.766. The molecular weight excluding hydrogens is 321 g/mol. The molecule has 122 valence electrons. The maximum Gasteiger partial charge on any atom is 0.319 e. The molecule has 5 nitrogen and oxygen atoms in total. The summed E-state index contributed by atoms with van der Waals surface area (Å²) in [5, 5.41) is 15.6. The number of carbonyl (C=O) groups is 1. The van der Waals surface area contributed by atoms with Crippen molar-refractivity contribution in [1.29, 1.82) is 0 Å². The molecule has 3 N–H and O–H groups in total. The zero-order valence-corrected chi connectivity index (χ0v) is 13.2. The van der Waals surface area contributed by atoms with Gasteiger partial charge in [0.1, 0.15) is 11.9 Å². The van der Waals surface area contributed by atoms with E-state index in [9.17, 15) is 14.3 Å². The van der Waals surface area contributed by atoms with Gasteiger partial charge in [0, 0.05) is 11.8 Å². The van der Waals surface area contributed by atoms with E-state index in [1.807, 2.05) is 0 Å². The standard InChI is InChI=1S/C16H17ClFN3O2/c1-2-12(14(22)10-6-3-4-7-11(10)18)20-16(23)21-13-8-5-9-19-15(13)17/h3-9,12,14,22H,2H2,1H3,(H2,20,21,23). The van der Waals surface area contributed by atoms with Crippen molar-refractivity contribution in [2.75, 3.05) is 5.32 Å². The average molecular weight is 338 g/mol. The number of aromatic nitrogens is 1. The molecule has 0 spiro atoms. The molecular formula is C16H17ClFN3O2. The molecule has 2 rings (SSSR count). The molecule has 1 aromatic heterocycles. The van der Waals surface area contributed by atoms with Crippen LogP contribution in [-0.4, -0.2) is 22.2 Å². The number of nitrogens with zero attached hydrogens (tertiary/aromatic N) is 1. The van der Waals surface area contributed by atoms with Crippen molar-refractivity contribution in [2.45, 2.75) is 25.5 Å². The van der Waals surface area contributed by atoms with Crippen LogP contribution < -0.4 is 10.6 Å². The van der Waals surface area contributed by atoms with Crippen LogP contribution in [0.1, 0.15) is 25.0 Å². The number of aliphatic hydroxyl groups is 1. The van der Waals surface area contributed by atoms with E-state index in [0.29, 0.717) is 12.1 Å². The molecule has 7 heteroatoms. The molecule has 1 heterocycles. The Morgan fingerprint density at radius 1 is 1.35 bits per heavy atom. The van der Waals surface area contributed by atoms with Crippen LogP contribution in [0.4, 0.5) is 14.9 Å². The van der Waals surface area contributed by atoms with E-state index >= 15 is 0 Å². The fourth-order valence-electron chi connectivity index (χ4n) is 2.14. The second-order valence-electron chi connectivity index (χ2n) is 4.92. The van der Waals surface area contributed by atoms with Gasteiger partial charge >= 0.3 is 6.03 Å². The Bertz CT molecular complexity index is 684. The molecule has 0 aliphatic carbocycles. The highest BCUT2D eigenvalue weighted by Gasteiger charge is 2.23. The summed E-state index contributed by atoms with van der Waals surface area (Å²) in [5.41, 5.74) is 0.487. The quantitative estimate of drug-likeness (QED) is 0.731. The first-order valence-electron chi connectivity index (χ1n) is 7.13. The van der Waals surface area contributed by atoms with Gasteiger partial charge in [-0.25, -0.2) is 14.2 Å². The fourth-order valence-corrected chi connectivity index (χ4v) is 2.31. The maximum atomic E-state index is 13.8. The maximum absolute atomic E-state index is 13.8. The topological polar surface area (TPSA) is 74.2 Å². The largest absolute Gasteiger partial charge is 0.386 e. The normalized spacial score (nSPS) is 13.2. The summed E-state index contributed by atoms with van der Waals surface area (Å²) in [6, 6.07) is 7.95. The van der Waals surface area contributed by atoms with Gasteiger partial charge in [-0.15, -0.1) is 0 Å². The smallest absolute Gasteiger partial charge is 0.319 e. The SMILES string of the molecule is CCC(NC(=O)Nc1cccnc1Cl)C(O)c1ccccc1F. The molecule has 0 radical (unpaired) electrons. The summed E-state index contributed by atoms with van der Waals surface area (Å²) in [7, 11) is 0. The summed E-state index contributed by atoms with van der Waals surface area (Å²) in [6.45, 7) is 1.78. The molecule has 2 amide bonds. The van der Waals surface area contributed by atoms with E-state index in [-0.39, 0.29) is 10.7 Å². The van der Waals surface area contributed by atoms with Crippen molar-refractivity contribution in [3.8, 4) is 0 Å². The Hall–Kier alpha value is -2.18. The lowest BCUT2D eigenvalue weighted by molar-refractivity contribution is 0.126. The first-order chi connectivity index (χ1) is 11.0. The van der Waals surface area contributed by atoms with E-state index in [4.69, 9.17) is 11.6 Å². The average Bonchev–Trinajstić information content (AvgIpc) is 2.54. The van der Waals surface area contributed by atoms with E-state index in [2.05, 4.69) is 15.6 Å². The molecule has 2 atom stereocenters. The van der Waals surface area contributed by atoms with E-state index in [0.717, 1.165) is 0 Å². The minimum Gasteiger partial charge on any atom is -0.386 e. The number of nitrogens with one attached hydrogen (secondary N) is 2. The Morgan fingerprint density at radius 3 is 2.74 bits per heavy atom. The molecule has 1 aromatic carbocycles. The number of halogens is 2. The van der Waals surface area contributed by atoms with Crippen LogP contribution in [0.15, 0.2) is 42.6 Å². The van der Waals surface area contributed by atoms with Gasteiger partial charge in [0.05, 0.1) is 11.7 Å². The number of carbonyl (C=O) groups excluding carboxylic acids is 1. The van der Waals surface area contributed by atoms with Gasteiger partial charge in [-0.3, -0.25) is 0 Å². The molecule has 0 fully saturated rings. The molecule has 2 unspecified atom stereocenters. The highest BCUT2D eigenvalue weighted by atomic mass is 35.5. The van der Waals surface area contributed by atoms with Crippen LogP contribution in [0.25, 0.3) is 0 Å². The van der Waals surface area contributed by atoms with Gasteiger partial charge in [-0.2, -0.15) is 0 Å². The lowest BCUT2D eigenvalue weighted by atomic mass is 10.00. The van der Waals surface area contributed by atoms with Crippen LogP contribution in [-0.2, 0) is 0 Å². The number of hydrogen-bond donors (Lipinski definition) is 3. The second-order valence-corrected chi connectivity index (χ2v) is 5.28. The van der Waals surface area contributed by atoms with Gasteiger partial charge in [0.25, 0.3) is 0 Å². The third kappa shape index (κ3) is 4.40. The van der Waals surface area contributed by atoms with Gasteiger partial charge < -0.3 is 15.7 Å². The summed E-state index contributed by atoms with van der Waals surface area (Å²) >= 11 is 5.87. The van der Waals surface area contributed by atoms with Crippen LogP contribution >= 0.6 is 11.6 Å². The molecule has 23 heavy (non-hydrogen) atoms. The summed E-state index contributed by atoms with van der Waals surface area (Å²) in [5.74, 6) is -0.518. The second kappa shape index (κ2) is 7.89. The monoisotopic (exact) mass is 337 g/mol. The molecule has 0 bridgehead atoms. The number of amides is 2.